The Morgan fingerprint density at radius 1 is 1.67 bits per heavy atom. The summed E-state index contributed by atoms with van der Waals surface area (Å²) in [5, 5.41) is 0. The average molecular weight is 216 g/mol. The average Bonchev–Trinajstić information content (AvgIpc) is 2.29. The monoisotopic (exact) mass is 216 g/mol. The summed E-state index contributed by atoms with van der Waals surface area (Å²) in [5.41, 5.74) is 5.50. The number of carbonyl (C=O) groups is 1. The van der Waals surface area contributed by atoms with Crippen LogP contribution >= 0.6 is 0 Å². The van der Waals surface area contributed by atoms with E-state index in [0.717, 1.165) is 6.42 Å². The van der Waals surface area contributed by atoms with Crippen molar-refractivity contribution in [1.82, 2.24) is 4.90 Å². The second kappa shape index (κ2) is 6.76. The van der Waals surface area contributed by atoms with E-state index in [2.05, 4.69) is 0 Å². The highest BCUT2D eigenvalue weighted by Crippen LogP contribution is 2.06. The van der Waals surface area contributed by atoms with E-state index in [4.69, 9.17) is 15.2 Å². The lowest BCUT2D eigenvalue weighted by atomic mass is 10.2. The lowest BCUT2D eigenvalue weighted by Gasteiger charge is -2.32. The van der Waals surface area contributed by atoms with E-state index in [1.165, 1.54) is 0 Å². The summed E-state index contributed by atoms with van der Waals surface area (Å²) < 4.78 is 10.3. The van der Waals surface area contributed by atoms with Crippen molar-refractivity contribution < 1.29 is 14.3 Å². The molecule has 1 rings (SSSR count). The molecule has 0 aliphatic carbocycles. The minimum Gasteiger partial charge on any atom is -0.385 e. The van der Waals surface area contributed by atoms with Crippen molar-refractivity contribution in [3.8, 4) is 0 Å². The van der Waals surface area contributed by atoms with E-state index in [-0.39, 0.29) is 12.0 Å². The van der Waals surface area contributed by atoms with Crippen LogP contribution in [0, 0.1) is 0 Å². The number of hydrogen-bond acceptors (Lipinski definition) is 4. The highest BCUT2D eigenvalue weighted by Gasteiger charge is 2.22. The van der Waals surface area contributed by atoms with E-state index in [9.17, 15) is 4.79 Å². The molecule has 0 bridgehead atoms. The molecule has 0 aromatic heterocycles. The van der Waals surface area contributed by atoms with Gasteiger partial charge in [-0.25, -0.2) is 0 Å². The van der Waals surface area contributed by atoms with Crippen LogP contribution in [-0.4, -0.2) is 56.9 Å². The van der Waals surface area contributed by atoms with Crippen LogP contribution in [0.4, 0.5) is 0 Å². The van der Waals surface area contributed by atoms with Crippen LogP contribution in [-0.2, 0) is 14.3 Å². The Morgan fingerprint density at radius 2 is 2.47 bits per heavy atom. The zero-order chi connectivity index (χ0) is 11.1. The van der Waals surface area contributed by atoms with E-state index in [1.807, 2.05) is 4.90 Å². The third-order valence-electron chi connectivity index (χ3n) is 2.49. The summed E-state index contributed by atoms with van der Waals surface area (Å²) >= 11 is 0. The maximum Gasteiger partial charge on any atom is 0.222 e. The zero-order valence-corrected chi connectivity index (χ0v) is 9.28. The van der Waals surface area contributed by atoms with Crippen LogP contribution in [0.15, 0.2) is 0 Å². The Labute approximate surface area is 90.5 Å². The van der Waals surface area contributed by atoms with Crippen molar-refractivity contribution >= 4 is 5.91 Å². The third-order valence-corrected chi connectivity index (χ3v) is 2.49. The summed E-state index contributed by atoms with van der Waals surface area (Å²) in [6, 6.07) is 0. The SMILES string of the molecule is COCCCC(=O)N1CCOC(CN)C1. The van der Waals surface area contributed by atoms with Crippen LogP contribution in [0.5, 0.6) is 0 Å². The number of nitrogens with zero attached hydrogens (tertiary/aromatic N) is 1. The normalized spacial score (nSPS) is 21.7. The van der Waals surface area contributed by atoms with Crippen LogP contribution in [0.1, 0.15) is 12.8 Å². The second-order valence-corrected chi connectivity index (χ2v) is 3.66. The van der Waals surface area contributed by atoms with E-state index < -0.39 is 0 Å². The molecule has 88 valence electrons. The molecule has 1 saturated heterocycles. The first-order valence-electron chi connectivity index (χ1n) is 5.36. The number of rotatable bonds is 5. The molecule has 1 atom stereocenters. The first-order valence-corrected chi connectivity index (χ1v) is 5.36. The molecule has 5 heteroatoms. The van der Waals surface area contributed by atoms with Crippen LogP contribution in [0.3, 0.4) is 0 Å². The molecule has 0 aromatic rings. The molecule has 1 aliphatic rings. The van der Waals surface area contributed by atoms with Gasteiger partial charge in [-0.1, -0.05) is 0 Å². The highest BCUT2D eigenvalue weighted by atomic mass is 16.5. The maximum atomic E-state index is 11.7. The number of carbonyl (C=O) groups excluding carboxylic acids is 1. The zero-order valence-electron chi connectivity index (χ0n) is 9.28. The Balaban J connectivity index is 2.25. The molecule has 0 aromatic carbocycles. The Morgan fingerprint density at radius 3 is 3.13 bits per heavy atom. The fraction of sp³-hybridized carbons (Fsp3) is 0.900. The maximum absolute atomic E-state index is 11.7. The van der Waals surface area contributed by atoms with Gasteiger partial charge < -0.3 is 20.1 Å². The number of morpholine rings is 1. The van der Waals surface area contributed by atoms with Crippen molar-refractivity contribution in [2.45, 2.75) is 18.9 Å². The van der Waals surface area contributed by atoms with Gasteiger partial charge in [0.1, 0.15) is 0 Å². The number of amides is 1. The molecule has 1 heterocycles. The number of hydrogen-bond donors (Lipinski definition) is 1. The van der Waals surface area contributed by atoms with Crippen molar-refractivity contribution in [2.75, 3.05) is 40.0 Å². The summed E-state index contributed by atoms with van der Waals surface area (Å²) in [6.45, 7) is 3.01. The number of ether oxygens (including phenoxy) is 2. The Hall–Kier alpha value is -0.650. The minimum absolute atomic E-state index is 0.00475. The molecule has 15 heavy (non-hydrogen) atoms. The standard InChI is InChI=1S/C10H20N2O3/c1-14-5-2-3-10(13)12-4-6-15-9(7-11)8-12/h9H,2-8,11H2,1H3. The molecule has 2 N–H and O–H groups in total. The first kappa shape index (κ1) is 12.4. The van der Waals surface area contributed by atoms with Gasteiger partial charge in [0.2, 0.25) is 5.91 Å². The van der Waals surface area contributed by atoms with Crippen molar-refractivity contribution in [1.29, 1.82) is 0 Å². The Kier molecular flexibility index (Phi) is 5.60. The van der Waals surface area contributed by atoms with Gasteiger partial charge >= 0.3 is 0 Å². The van der Waals surface area contributed by atoms with Gasteiger partial charge in [0.25, 0.3) is 0 Å². The molecular formula is C10H20N2O3. The largest absolute Gasteiger partial charge is 0.385 e. The molecule has 0 radical (unpaired) electrons. The molecular weight excluding hydrogens is 196 g/mol. The van der Waals surface area contributed by atoms with Gasteiger partial charge in [-0.2, -0.15) is 0 Å². The van der Waals surface area contributed by atoms with E-state index in [0.29, 0.717) is 39.3 Å². The quantitative estimate of drug-likeness (QED) is 0.635. The molecule has 1 amide bonds. The fourth-order valence-electron chi connectivity index (χ4n) is 1.61. The minimum atomic E-state index is 0.00475. The second-order valence-electron chi connectivity index (χ2n) is 3.66. The third kappa shape index (κ3) is 4.15. The van der Waals surface area contributed by atoms with Gasteiger partial charge in [-0.3, -0.25) is 4.79 Å². The summed E-state index contributed by atoms with van der Waals surface area (Å²) in [4.78, 5) is 13.5. The molecule has 1 fully saturated rings. The van der Waals surface area contributed by atoms with Gasteiger partial charge in [-0.15, -0.1) is 0 Å². The van der Waals surface area contributed by atoms with Gasteiger partial charge in [0, 0.05) is 39.8 Å². The van der Waals surface area contributed by atoms with E-state index in [1.54, 1.807) is 7.11 Å². The fourth-order valence-corrected chi connectivity index (χ4v) is 1.61. The van der Waals surface area contributed by atoms with Gasteiger partial charge in [-0.05, 0) is 6.42 Å². The lowest BCUT2D eigenvalue weighted by Crippen LogP contribution is -2.48. The number of nitrogens with two attached hydrogens (primary N) is 1. The van der Waals surface area contributed by atoms with Gasteiger partial charge in [0.05, 0.1) is 12.7 Å². The highest BCUT2D eigenvalue weighted by molar-refractivity contribution is 5.76. The summed E-state index contributed by atoms with van der Waals surface area (Å²) in [6.07, 6.45) is 1.33. The first-order chi connectivity index (χ1) is 7.27. The lowest BCUT2D eigenvalue weighted by molar-refractivity contribution is -0.138. The molecule has 0 saturated carbocycles. The summed E-state index contributed by atoms with van der Waals surface area (Å²) in [7, 11) is 1.64. The smallest absolute Gasteiger partial charge is 0.222 e. The van der Waals surface area contributed by atoms with Gasteiger partial charge in [0.15, 0.2) is 0 Å². The molecule has 0 spiro atoms. The predicted molar refractivity (Wildman–Crippen MR) is 56.5 cm³/mol. The molecule has 1 aliphatic heterocycles. The van der Waals surface area contributed by atoms with Crippen LogP contribution in [0.25, 0.3) is 0 Å². The number of methoxy groups -OCH3 is 1. The predicted octanol–water partition coefficient (Wildman–Crippen LogP) is -0.401. The van der Waals surface area contributed by atoms with Crippen LogP contribution < -0.4 is 5.73 Å². The van der Waals surface area contributed by atoms with Crippen molar-refractivity contribution in [3.63, 3.8) is 0 Å². The Bertz CT molecular complexity index is 199. The molecule has 5 nitrogen and oxygen atoms in total. The van der Waals surface area contributed by atoms with Crippen molar-refractivity contribution in [3.05, 3.63) is 0 Å². The summed E-state index contributed by atoms with van der Waals surface area (Å²) in [5.74, 6) is 0.175. The van der Waals surface area contributed by atoms with Crippen LogP contribution in [0.2, 0.25) is 0 Å². The van der Waals surface area contributed by atoms with Crippen molar-refractivity contribution in [2.24, 2.45) is 5.73 Å². The molecule has 1 unspecified atom stereocenters. The topological polar surface area (TPSA) is 64.8 Å². The van der Waals surface area contributed by atoms with E-state index >= 15 is 0 Å².